The summed E-state index contributed by atoms with van der Waals surface area (Å²) in [5.74, 6) is 1.65. The standard InChI is InChI=1S/C20H22N4O3/c1-26-17-5-3-2-4-16(17)20(25)23-11-8-15(9-12-23)14-27-19-7-6-18-21-10-13-24(18)22-19/h2-7,10,13,15H,8-9,11-12,14H2,1H3. The summed E-state index contributed by atoms with van der Waals surface area (Å²) in [6.45, 7) is 2.04. The van der Waals surface area contributed by atoms with Gasteiger partial charge in [0.2, 0.25) is 5.88 Å². The monoisotopic (exact) mass is 366 g/mol. The first-order chi connectivity index (χ1) is 13.2. The van der Waals surface area contributed by atoms with E-state index in [-0.39, 0.29) is 5.91 Å². The van der Waals surface area contributed by atoms with Crippen LogP contribution in [0, 0.1) is 5.92 Å². The predicted octanol–water partition coefficient (Wildman–Crippen LogP) is 2.67. The Morgan fingerprint density at radius 3 is 2.81 bits per heavy atom. The Kier molecular flexibility index (Phi) is 4.91. The van der Waals surface area contributed by atoms with Crippen molar-refractivity contribution in [3.05, 3.63) is 54.4 Å². The van der Waals surface area contributed by atoms with Crippen LogP contribution >= 0.6 is 0 Å². The number of carbonyl (C=O) groups is 1. The highest BCUT2D eigenvalue weighted by Gasteiger charge is 2.25. The molecule has 0 saturated carbocycles. The Morgan fingerprint density at radius 1 is 1.19 bits per heavy atom. The van der Waals surface area contributed by atoms with E-state index in [1.165, 1.54) is 0 Å². The Morgan fingerprint density at radius 2 is 2.00 bits per heavy atom. The van der Waals surface area contributed by atoms with Crippen LogP contribution in [0.5, 0.6) is 11.6 Å². The van der Waals surface area contributed by atoms with Crippen LogP contribution in [0.25, 0.3) is 5.65 Å². The van der Waals surface area contributed by atoms with E-state index in [2.05, 4.69) is 10.1 Å². The van der Waals surface area contributed by atoms with Crippen LogP contribution in [0.2, 0.25) is 0 Å². The molecule has 1 saturated heterocycles. The molecule has 0 bridgehead atoms. The molecule has 0 spiro atoms. The molecule has 4 rings (SSSR count). The van der Waals surface area contributed by atoms with E-state index >= 15 is 0 Å². The van der Waals surface area contributed by atoms with Crippen molar-refractivity contribution in [2.24, 2.45) is 5.92 Å². The lowest BCUT2D eigenvalue weighted by Gasteiger charge is -2.32. The second kappa shape index (κ2) is 7.65. The molecule has 0 radical (unpaired) electrons. The first-order valence-electron chi connectivity index (χ1n) is 9.10. The molecule has 7 heteroatoms. The number of rotatable bonds is 5. The lowest BCUT2D eigenvalue weighted by atomic mass is 9.97. The fourth-order valence-corrected chi connectivity index (χ4v) is 3.37. The number of likely N-dealkylation sites (tertiary alicyclic amines) is 1. The minimum Gasteiger partial charge on any atom is -0.496 e. The maximum absolute atomic E-state index is 12.8. The van der Waals surface area contributed by atoms with Crippen molar-refractivity contribution >= 4 is 11.6 Å². The molecule has 1 aromatic carbocycles. The number of nitrogens with zero attached hydrogens (tertiary/aromatic N) is 4. The number of hydrogen-bond donors (Lipinski definition) is 0. The fourth-order valence-electron chi connectivity index (χ4n) is 3.37. The van der Waals surface area contributed by atoms with Gasteiger partial charge in [0.15, 0.2) is 5.65 Å². The summed E-state index contributed by atoms with van der Waals surface area (Å²) in [6, 6.07) is 11.1. The van der Waals surface area contributed by atoms with E-state index in [0.717, 1.165) is 31.6 Å². The number of ether oxygens (including phenoxy) is 2. The molecule has 1 aliphatic rings. The number of carbonyl (C=O) groups excluding carboxylic acids is 1. The van der Waals surface area contributed by atoms with Crippen molar-refractivity contribution in [1.82, 2.24) is 19.5 Å². The van der Waals surface area contributed by atoms with Gasteiger partial charge in [-0.25, -0.2) is 9.50 Å². The van der Waals surface area contributed by atoms with Crippen LogP contribution in [-0.2, 0) is 0 Å². The van der Waals surface area contributed by atoms with Crippen LogP contribution in [0.4, 0.5) is 0 Å². The highest BCUT2D eigenvalue weighted by molar-refractivity contribution is 5.97. The Labute approximate surface area is 157 Å². The van der Waals surface area contributed by atoms with Gasteiger partial charge in [-0.05, 0) is 37.0 Å². The largest absolute Gasteiger partial charge is 0.496 e. The summed E-state index contributed by atoms with van der Waals surface area (Å²) in [7, 11) is 1.59. The van der Waals surface area contributed by atoms with E-state index in [1.807, 2.05) is 41.3 Å². The third kappa shape index (κ3) is 3.72. The molecule has 2 aromatic heterocycles. The lowest BCUT2D eigenvalue weighted by Crippen LogP contribution is -2.39. The number of amides is 1. The quantitative estimate of drug-likeness (QED) is 0.694. The summed E-state index contributed by atoms with van der Waals surface area (Å²) in [4.78, 5) is 18.8. The lowest BCUT2D eigenvalue weighted by molar-refractivity contribution is 0.0655. The summed E-state index contributed by atoms with van der Waals surface area (Å²) in [5, 5.41) is 4.38. The van der Waals surface area contributed by atoms with E-state index < -0.39 is 0 Å². The van der Waals surface area contributed by atoms with Crippen LogP contribution in [0.3, 0.4) is 0 Å². The van der Waals surface area contributed by atoms with Crippen molar-refractivity contribution in [3.8, 4) is 11.6 Å². The zero-order valence-electron chi connectivity index (χ0n) is 15.2. The second-order valence-electron chi connectivity index (χ2n) is 6.65. The molecule has 3 heterocycles. The zero-order valence-corrected chi connectivity index (χ0v) is 15.2. The predicted molar refractivity (Wildman–Crippen MR) is 100 cm³/mol. The van der Waals surface area contributed by atoms with Gasteiger partial charge in [-0.2, -0.15) is 0 Å². The van der Waals surface area contributed by atoms with Crippen LogP contribution in [0.1, 0.15) is 23.2 Å². The maximum Gasteiger partial charge on any atom is 0.257 e. The molecule has 1 fully saturated rings. The first-order valence-corrected chi connectivity index (χ1v) is 9.10. The molecular weight excluding hydrogens is 344 g/mol. The topological polar surface area (TPSA) is 69.0 Å². The molecule has 0 N–H and O–H groups in total. The van der Waals surface area contributed by atoms with Crippen LogP contribution < -0.4 is 9.47 Å². The first kappa shape index (κ1) is 17.3. The van der Waals surface area contributed by atoms with E-state index in [4.69, 9.17) is 9.47 Å². The van der Waals surface area contributed by atoms with Gasteiger partial charge in [-0.1, -0.05) is 12.1 Å². The van der Waals surface area contributed by atoms with Gasteiger partial charge in [-0.15, -0.1) is 5.10 Å². The number of aromatic nitrogens is 3. The number of benzene rings is 1. The third-order valence-electron chi connectivity index (χ3n) is 4.94. The maximum atomic E-state index is 12.8. The molecule has 27 heavy (non-hydrogen) atoms. The van der Waals surface area contributed by atoms with Crippen LogP contribution in [0.15, 0.2) is 48.8 Å². The third-order valence-corrected chi connectivity index (χ3v) is 4.94. The average molecular weight is 366 g/mol. The van der Waals surface area contributed by atoms with Gasteiger partial charge in [0.1, 0.15) is 5.75 Å². The summed E-state index contributed by atoms with van der Waals surface area (Å²) in [6.07, 6.45) is 5.33. The second-order valence-corrected chi connectivity index (χ2v) is 6.65. The Balaban J connectivity index is 1.31. The van der Waals surface area contributed by atoms with Crippen molar-refractivity contribution < 1.29 is 14.3 Å². The molecule has 140 valence electrons. The van der Waals surface area contributed by atoms with Crippen molar-refractivity contribution in [3.63, 3.8) is 0 Å². The van der Waals surface area contributed by atoms with Gasteiger partial charge in [0, 0.05) is 31.5 Å². The minimum atomic E-state index is 0.0269. The SMILES string of the molecule is COc1ccccc1C(=O)N1CCC(COc2ccc3nccn3n2)CC1. The average Bonchev–Trinajstić information content (AvgIpc) is 3.20. The Hall–Kier alpha value is -3.09. The zero-order chi connectivity index (χ0) is 18.6. The summed E-state index contributed by atoms with van der Waals surface area (Å²) >= 11 is 0. The fraction of sp³-hybridized carbons (Fsp3) is 0.350. The highest BCUT2D eigenvalue weighted by atomic mass is 16.5. The number of fused-ring (bicyclic) bond motifs is 1. The minimum absolute atomic E-state index is 0.0269. The van der Waals surface area contributed by atoms with Crippen molar-refractivity contribution in [1.29, 1.82) is 0 Å². The van der Waals surface area contributed by atoms with Crippen LogP contribution in [-0.4, -0.2) is 52.2 Å². The van der Waals surface area contributed by atoms with Gasteiger partial charge >= 0.3 is 0 Å². The van der Waals surface area contributed by atoms with Gasteiger partial charge in [0.25, 0.3) is 5.91 Å². The van der Waals surface area contributed by atoms with E-state index in [9.17, 15) is 4.79 Å². The van der Waals surface area contributed by atoms with Crippen molar-refractivity contribution in [2.75, 3.05) is 26.8 Å². The molecule has 0 unspecified atom stereocenters. The summed E-state index contributed by atoms with van der Waals surface area (Å²) < 4.78 is 12.9. The van der Waals surface area contributed by atoms with E-state index in [0.29, 0.717) is 29.7 Å². The van der Waals surface area contributed by atoms with E-state index in [1.54, 1.807) is 24.0 Å². The number of hydrogen-bond acceptors (Lipinski definition) is 5. The number of piperidine rings is 1. The molecule has 1 amide bonds. The van der Waals surface area contributed by atoms with Crippen molar-refractivity contribution in [2.45, 2.75) is 12.8 Å². The molecular formula is C20H22N4O3. The smallest absolute Gasteiger partial charge is 0.257 e. The highest BCUT2D eigenvalue weighted by Crippen LogP contribution is 2.24. The number of imidazole rings is 1. The van der Waals surface area contributed by atoms with Gasteiger partial charge in [-0.3, -0.25) is 4.79 Å². The Bertz CT molecular complexity index is 932. The van der Waals surface area contributed by atoms with Gasteiger partial charge < -0.3 is 14.4 Å². The molecule has 0 atom stereocenters. The summed E-state index contributed by atoms with van der Waals surface area (Å²) in [5.41, 5.74) is 1.41. The number of para-hydroxylation sites is 1. The molecule has 3 aromatic rings. The number of methoxy groups -OCH3 is 1. The molecule has 1 aliphatic heterocycles. The molecule has 0 aliphatic carbocycles. The molecule has 7 nitrogen and oxygen atoms in total. The normalized spacial score (nSPS) is 15.1. The van der Waals surface area contributed by atoms with Gasteiger partial charge in [0.05, 0.1) is 19.3 Å².